The lowest BCUT2D eigenvalue weighted by atomic mass is 10.1. The van der Waals surface area contributed by atoms with E-state index in [9.17, 15) is 24.3 Å². The van der Waals surface area contributed by atoms with E-state index in [0.717, 1.165) is 23.7 Å². The van der Waals surface area contributed by atoms with Crippen molar-refractivity contribution in [3.05, 3.63) is 35.9 Å². The number of hydrogen-bond donors (Lipinski definition) is 3. The SMILES string of the molecule is CC[Si](C#CC[C@H](NC(=O)OC(C)(C)C)C(=O)N[C@@H](CC(=O)OCc1ccccc1)C(=O)O)(CC)CC. The Morgan fingerprint density at radius 1 is 0.973 bits per heavy atom. The van der Waals surface area contributed by atoms with Gasteiger partial charge in [0.25, 0.3) is 0 Å². The third-order valence-electron chi connectivity index (χ3n) is 5.93. The van der Waals surface area contributed by atoms with E-state index in [1.54, 1.807) is 45.0 Å². The molecule has 0 aromatic heterocycles. The molecule has 0 spiro atoms. The maximum absolute atomic E-state index is 13.0. The predicted molar refractivity (Wildman–Crippen MR) is 143 cm³/mol. The summed E-state index contributed by atoms with van der Waals surface area (Å²) in [6.45, 7) is 11.4. The number of rotatable bonds is 12. The third kappa shape index (κ3) is 12.0. The van der Waals surface area contributed by atoms with Gasteiger partial charge in [0.1, 0.15) is 32.4 Å². The van der Waals surface area contributed by atoms with Crippen molar-refractivity contribution in [3.63, 3.8) is 0 Å². The van der Waals surface area contributed by atoms with E-state index in [0.29, 0.717) is 0 Å². The molecule has 10 heteroatoms. The molecule has 0 heterocycles. The molecule has 0 saturated carbocycles. The van der Waals surface area contributed by atoms with Crippen LogP contribution in [-0.2, 0) is 30.5 Å². The average molecular weight is 533 g/mol. The van der Waals surface area contributed by atoms with Gasteiger partial charge in [-0.1, -0.05) is 51.1 Å². The number of carbonyl (C=O) groups is 4. The zero-order chi connectivity index (χ0) is 28.1. The second-order valence-corrected chi connectivity index (χ2v) is 14.7. The lowest BCUT2D eigenvalue weighted by Gasteiger charge is -2.24. The Bertz CT molecular complexity index is 968. The number of nitrogens with one attached hydrogen (secondary N) is 2. The lowest BCUT2D eigenvalue weighted by molar-refractivity contribution is -0.151. The fourth-order valence-corrected chi connectivity index (χ4v) is 5.96. The van der Waals surface area contributed by atoms with Crippen molar-refractivity contribution in [3.8, 4) is 11.5 Å². The van der Waals surface area contributed by atoms with Gasteiger partial charge in [0.15, 0.2) is 0 Å². The summed E-state index contributed by atoms with van der Waals surface area (Å²) < 4.78 is 10.4. The second kappa shape index (κ2) is 15.0. The van der Waals surface area contributed by atoms with E-state index < -0.39 is 56.1 Å². The van der Waals surface area contributed by atoms with Crippen molar-refractivity contribution < 1.29 is 33.8 Å². The first-order chi connectivity index (χ1) is 17.3. The number of ether oxygens (including phenoxy) is 2. The molecule has 204 valence electrons. The van der Waals surface area contributed by atoms with Crippen LogP contribution in [0.15, 0.2) is 30.3 Å². The van der Waals surface area contributed by atoms with Crippen LogP contribution >= 0.6 is 0 Å². The van der Waals surface area contributed by atoms with E-state index in [2.05, 4.69) is 42.9 Å². The molecule has 9 nitrogen and oxygen atoms in total. The molecule has 1 rings (SSSR count). The smallest absolute Gasteiger partial charge is 0.408 e. The van der Waals surface area contributed by atoms with Gasteiger partial charge in [0.2, 0.25) is 5.91 Å². The van der Waals surface area contributed by atoms with Crippen molar-refractivity contribution in [2.75, 3.05) is 0 Å². The Labute approximate surface area is 220 Å². The average Bonchev–Trinajstić information content (AvgIpc) is 2.84. The van der Waals surface area contributed by atoms with Gasteiger partial charge in [-0.15, -0.1) is 11.5 Å². The molecule has 1 aromatic carbocycles. The largest absolute Gasteiger partial charge is 0.480 e. The number of carboxylic acid groups (broad SMARTS) is 1. The molecule has 0 unspecified atom stereocenters. The maximum Gasteiger partial charge on any atom is 0.408 e. The first-order valence-electron chi connectivity index (χ1n) is 12.6. The zero-order valence-corrected chi connectivity index (χ0v) is 23.7. The van der Waals surface area contributed by atoms with Gasteiger partial charge in [-0.3, -0.25) is 9.59 Å². The topological polar surface area (TPSA) is 131 Å². The Hall–Kier alpha value is -3.32. The summed E-state index contributed by atoms with van der Waals surface area (Å²) in [6, 6.07) is 9.14. The Balaban J connectivity index is 2.97. The van der Waals surface area contributed by atoms with Crippen LogP contribution in [-0.4, -0.2) is 54.8 Å². The van der Waals surface area contributed by atoms with Gasteiger partial charge >= 0.3 is 18.0 Å². The summed E-state index contributed by atoms with van der Waals surface area (Å²) >= 11 is 0. The molecule has 0 aliphatic carbocycles. The normalized spacial score (nSPS) is 12.8. The highest BCUT2D eigenvalue weighted by Gasteiger charge is 2.30. The minimum atomic E-state index is -1.80. The van der Waals surface area contributed by atoms with Gasteiger partial charge < -0.3 is 25.2 Å². The number of aliphatic carboxylic acids is 1. The van der Waals surface area contributed by atoms with Crippen LogP contribution in [0.1, 0.15) is 59.9 Å². The molecule has 0 aliphatic rings. The van der Waals surface area contributed by atoms with Crippen molar-refractivity contribution in [1.29, 1.82) is 0 Å². The van der Waals surface area contributed by atoms with Crippen LogP contribution in [0.2, 0.25) is 18.1 Å². The van der Waals surface area contributed by atoms with Gasteiger partial charge in [0.05, 0.1) is 6.42 Å². The molecule has 0 bridgehead atoms. The van der Waals surface area contributed by atoms with Crippen LogP contribution < -0.4 is 10.6 Å². The van der Waals surface area contributed by atoms with Gasteiger partial charge in [-0.25, -0.2) is 9.59 Å². The minimum Gasteiger partial charge on any atom is -0.480 e. The molecule has 2 amide bonds. The highest BCUT2D eigenvalue weighted by molar-refractivity contribution is 6.87. The number of benzene rings is 1. The van der Waals surface area contributed by atoms with E-state index in [1.165, 1.54) is 0 Å². The molecule has 37 heavy (non-hydrogen) atoms. The monoisotopic (exact) mass is 532 g/mol. The highest BCUT2D eigenvalue weighted by Crippen LogP contribution is 2.19. The molecule has 0 saturated heterocycles. The predicted octanol–water partition coefficient (Wildman–Crippen LogP) is 4.02. The van der Waals surface area contributed by atoms with Crippen molar-refractivity contribution in [2.24, 2.45) is 0 Å². The second-order valence-electron chi connectivity index (χ2n) is 9.80. The Morgan fingerprint density at radius 3 is 2.08 bits per heavy atom. The molecule has 0 fully saturated rings. The van der Waals surface area contributed by atoms with Gasteiger partial charge in [0, 0.05) is 6.42 Å². The Kier molecular flexibility index (Phi) is 12.9. The quantitative estimate of drug-likeness (QED) is 0.210. The van der Waals surface area contributed by atoms with Crippen LogP contribution in [0.4, 0.5) is 4.79 Å². The number of hydrogen-bond acceptors (Lipinski definition) is 6. The molecular weight excluding hydrogens is 492 g/mol. The Morgan fingerprint density at radius 2 is 1.57 bits per heavy atom. The van der Waals surface area contributed by atoms with Gasteiger partial charge in [-0.2, -0.15) is 0 Å². The number of esters is 1. The first kappa shape index (κ1) is 31.7. The fraction of sp³-hybridized carbons (Fsp3) is 0.556. The zero-order valence-electron chi connectivity index (χ0n) is 22.7. The van der Waals surface area contributed by atoms with Crippen molar-refractivity contribution >= 4 is 32.0 Å². The van der Waals surface area contributed by atoms with Crippen LogP contribution in [0.25, 0.3) is 0 Å². The van der Waals surface area contributed by atoms with E-state index >= 15 is 0 Å². The molecule has 0 aliphatic heterocycles. The van der Waals surface area contributed by atoms with Crippen molar-refractivity contribution in [1.82, 2.24) is 10.6 Å². The van der Waals surface area contributed by atoms with E-state index in [4.69, 9.17) is 9.47 Å². The standard InChI is InChI=1S/C27H40N2O7Si/c1-7-37(8-2,9-3)17-13-16-21(29-26(34)36-27(4,5)6)24(31)28-22(25(32)33)18-23(30)35-19-20-14-11-10-12-15-20/h10-12,14-15,21-22H,7-9,16,18-19H2,1-6H3,(H,28,31)(H,29,34)(H,32,33)/t21-,22-/m0/s1. The molecule has 3 N–H and O–H groups in total. The van der Waals surface area contributed by atoms with Crippen molar-refractivity contribution in [2.45, 2.75) is 96.8 Å². The van der Waals surface area contributed by atoms with Crippen LogP contribution in [0.3, 0.4) is 0 Å². The number of carbonyl (C=O) groups excluding carboxylic acids is 3. The number of alkyl carbamates (subject to hydrolysis) is 1. The summed E-state index contributed by atoms with van der Waals surface area (Å²) in [5.41, 5.74) is 3.31. The minimum absolute atomic E-state index is 0.0176. The lowest BCUT2D eigenvalue weighted by Crippen LogP contribution is -2.52. The van der Waals surface area contributed by atoms with Crippen LogP contribution in [0, 0.1) is 11.5 Å². The molecular formula is C27H40N2O7Si. The fourth-order valence-electron chi connectivity index (χ4n) is 3.45. The summed E-state index contributed by atoms with van der Waals surface area (Å²) in [5, 5.41) is 14.4. The summed E-state index contributed by atoms with van der Waals surface area (Å²) in [4.78, 5) is 49.4. The third-order valence-corrected chi connectivity index (χ3v) is 10.7. The van der Waals surface area contributed by atoms with E-state index in [-0.39, 0.29) is 13.0 Å². The summed E-state index contributed by atoms with van der Waals surface area (Å²) in [7, 11) is -1.80. The number of amides is 2. The maximum atomic E-state index is 13.0. The van der Waals surface area contributed by atoms with E-state index in [1.807, 2.05) is 6.07 Å². The van der Waals surface area contributed by atoms with Gasteiger partial charge in [-0.05, 0) is 44.5 Å². The molecule has 0 radical (unpaired) electrons. The molecule has 1 aromatic rings. The first-order valence-corrected chi connectivity index (χ1v) is 15.2. The number of carboxylic acids is 1. The van der Waals surface area contributed by atoms with Crippen LogP contribution in [0.5, 0.6) is 0 Å². The molecule has 2 atom stereocenters. The highest BCUT2D eigenvalue weighted by atomic mass is 28.3. The summed E-state index contributed by atoms with van der Waals surface area (Å²) in [5.74, 6) is 0.0926. The summed E-state index contributed by atoms with van der Waals surface area (Å²) in [6.07, 6.45) is -1.42.